The summed E-state index contributed by atoms with van der Waals surface area (Å²) in [5.41, 5.74) is 7.38. The van der Waals surface area contributed by atoms with Gasteiger partial charge >= 0.3 is 0 Å². The summed E-state index contributed by atoms with van der Waals surface area (Å²) in [6.45, 7) is 0. The number of carbonyl (C=O) groups excluding carboxylic acids is 2. The van der Waals surface area contributed by atoms with Crippen LogP contribution in [0.15, 0.2) is 24.4 Å². The van der Waals surface area contributed by atoms with Crippen LogP contribution in [0.3, 0.4) is 0 Å². The number of anilines is 1. The summed E-state index contributed by atoms with van der Waals surface area (Å²) in [5, 5.41) is 3.95. The van der Waals surface area contributed by atoms with Crippen LogP contribution in [0.25, 0.3) is 0 Å². The minimum atomic E-state index is -0.235. The van der Waals surface area contributed by atoms with Crippen LogP contribution in [0.5, 0.6) is 0 Å². The van der Waals surface area contributed by atoms with E-state index in [2.05, 4.69) is 5.10 Å². The van der Waals surface area contributed by atoms with Crippen molar-refractivity contribution in [3.8, 4) is 0 Å². The zero-order chi connectivity index (χ0) is 12.2. The molecule has 1 aliphatic carbocycles. The van der Waals surface area contributed by atoms with Gasteiger partial charge in [0.25, 0.3) is 0 Å². The molecule has 0 unspecified atom stereocenters. The zero-order valence-electron chi connectivity index (χ0n) is 9.10. The molecule has 1 aromatic carbocycles. The molecule has 0 spiro atoms. The Morgan fingerprint density at radius 2 is 1.94 bits per heavy atom. The third-order valence-corrected chi connectivity index (χ3v) is 2.97. The van der Waals surface area contributed by atoms with E-state index in [1.165, 1.54) is 10.9 Å². The molecule has 0 saturated heterocycles. The van der Waals surface area contributed by atoms with Gasteiger partial charge in [0.1, 0.15) is 5.69 Å². The van der Waals surface area contributed by atoms with Crippen molar-refractivity contribution in [3.63, 3.8) is 0 Å². The molecule has 5 nitrogen and oxygen atoms in total. The van der Waals surface area contributed by atoms with Crippen LogP contribution in [-0.2, 0) is 7.05 Å². The molecule has 0 saturated carbocycles. The van der Waals surface area contributed by atoms with Crippen LogP contribution in [0.1, 0.15) is 32.0 Å². The molecule has 0 atom stereocenters. The number of aromatic nitrogens is 2. The zero-order valence-corrected chi connectivity index (χ0v) is 9.10. The van der Waals surface area contributed by atoms with Gasteiger partial charge in [0.15, 0.2) is 5.78 Å². The van der Waals surface area contributed by atoms with Gasteiger partial charge in [-0.3, -0.25) is 14.3 Å². The predicted molar refractivity (Wildman–Crippen MR) is 60.9 cm³/mol. The van der Waals surface area contributed by atoms with Crippen molar-refractivity contribution in [2.75, 3.05) is 5.73 Å². The molecule has 0 amide bonds. The first kappa shape index (κ1) is 9.77. The van der Waals surface area contributed by atoms with Gasteiger partial charge in [0.2, 0.25) is 5.78 Å². The van der Waals surface area contributed by atoms with Crippen molar-refractivity contribution in [3.05, 3.63) is 46.8 Å². The minimum absolute atomic E-state index is 0.207. The number of nitrogen functional groups attached to an aromatic ring is 1. The Balaban J connectivity index is 2.39. The van der Waals surface area contributed by atoms with Crippen LogP contribution in [0, 0.1) is 0 Å². The number of aryl methyl sites for hydroxylation is 1. The Morgan fingerprint density at radius 1 is 1.18 bits per heavy atom. The quantitative estimate of drug-likeness (QED) is 0.575. The van der Waals surface area contributed by atoms with Crippen molar-refractivity contribution in [1.82, 2.24) is 9.78 Å². The lowest BCUT2D eigenvalue weighted by atomic mass is 9.87. The van der Waals surface area contributed by atoms with Crippen molar-refractivity contribution >= 4 is 17.3 Å². The third-order valence-electron chi connectivity index (χ3n) is 2.97. The highest BCUT2D eigenvalue weighted by Crippen LogP contribution is 2.29. The second kappa shape index (κ2) is 3.04. The second-order valence-corrected chi connectivity index (χ2v) is 3.96. The van der Waals surface area contributed by atoms with E-state index >= 15 is 0 Å². The number of fused-ring (bicyclic) bond motifs is 2. The maximum atomic E-state index is 12.2. The molecule has 2 aromatic rings. The first-order chi connectivity index (χ1) is 8.11. The topological polar surface area (TPSA) is 78.0 Å². The Bertz CT molecular complexity index is 668. The molecule has 17 heavy (non-hydrogen) atoms. The maximum Gasteiger partial charge on any atom is 0.212 e. The number of hydrogen-bond acceptors (Lipinski definition) is 4. The van der Waals surface area contributed by atoms with Crippen molar-refractivity contribution < 1.29 is 9.59 Å². The van der Waals surface area contributed by atoms with Crippen molar-refractivity contribution in [2.24, 2.45) is 7.05 Å². The lowest BCUT2D eigenvalue weighted by Crippen LogP contribution is -2.23. The summed E-state index contributed by atoms with van der Waals surface area (Å²) in [5.74, 6) is -0.442. The number of nitrogens with zero attached hydrogens (tertiary/aromatic N) is 2. The Morgan fingerprint density at radius 3 is 2.71 bits per heavy atom. The molecule has 2 N–H and O–H groups in total. The average Bonchev–Trinajstić information content (AvgIpc) is 2.68. The summed E-state index contributed by atoms with van der Waals surface area (Å²) in [6.07, 6.45) is 1.41. The molecule has 0 radical (unpaired) electrons. The third kappa shape index (κ3) is 1.10. The molecule has 0 fully saturated rings. The van der Waals surface area contributed by atoms with E-state index < -0.39 is 0 Å². The van der Waals surface area contributed by atoms with Gasteiger partial charge in [-0.1, -0.05) is 12.1 Å². The number of rotatable bonds is 0. The van der Waals surface area contributed by atoms with Crippen molar-refractivity contribution in [2.45, 2.75) is 0 Å². The number of nitrogens with two attached hydrogens (primary N) is 1. The first-order valence-corrected chi connectivity index (χ1v) is 5.11. The standard InChI is InChI=1S/C12H9N3O2/c1-15-10-7(5-14-15)11(16)9-6(12(10)17)3-2-4-8(9)13/h2-5H,13H2,1H3. The summed E-state index contributed by atoms with van der Waals surface area (Å²) in [7, 11) is 1.64. The Labute approximate surface area is 96.8 Å². The number of ketones is 2. The molecule has 84 valence electrons. The molecule has 1 aliphatic rings. The van der Waals surface area contributed by atoms with Crippen LogP contribution < -0.4 is 5.73 Å². The van der Waals surface area contributed by atoms with Gasteiger partial charge in [-0.15, -0.1) is 0 Å². The van der Waals surface area contributed by atoms with Crippen LogP contribution >= 0.6 is 0 Å². The highest BCUT2D eigenvalue weighted by Gasteiger charge is 2.33. The number of benzene rings is 1. The maximum absolute atomic E-state index is 12.2. The summed E-state index contributed by atoms with van der Waals surface area (Å²) in [6, 6.07) is 4.90. The molecule has 3 rings (SSSR count). The summed E-state index contributed by atoms with van der Waals surface area (Å²) in [4.78, 5) is 24.4. The minimum Gasteiger partial charge on any atom is -0.398 e. The molecule has 1 heterocycles. The van der Waals surface area contributed by atoms with Gasteiger partial charge < -0.3 is 5.73 Å². The highest BCUT2D eigenvalue weighted by atomic mass is 16.1. The van der Waals surface area contributed by atoms with E-state index in [0.29, 0.717) is 22.5 Å². The smallest absolute Gasteiger partial charge is 0.212 e. The van der Waals surface area contributed by atoms with Gasteiger partial charge in [-0.05, 0) is 6.07 Å². The Hall–Kier alpha value is -2.43. The first-order valence-electron chi connectivity index (χ1n) is 5.11. The SMILES string of the molecule is Cn1ncc2c1C(=O)c1cccc(N)c1C2=O. The molecule has 0 aliphatic heterocycles. The van der Waals surface area contributed by atoms with Gasteiger partial charge in [-0.25, -0.2) is 0 Å². The largest absolute Gasteiger partial charge is 0.398 e. The van der Waals surface area contributed by atoms with E-state index in [9.17, 15) is 9.59 Å². The van der Waals surface area contributed by atoms with Gasteiger partial charge in [0, 0.05) is 18.3 Å². The van der Waals surface area contributed by atoms with E-state index in [1.54, 1.807) is 25.2 Å². The van der Waals surface area contributed by atoms with Crippen molar-refractivity contribution in [1.29, 1.82) is 0 Å². The van der Waals surface area contributed by atoms with E-state index in [1.807, 2.05) is 0 Å². The molecule has 5 heteroatoms. The summed E-state index contributed by atoms with van der Waals surface area (Å²) >= 11 is 0. The molecule has 1 aromatic heterocycles. The second-order valence-electron chi connectivity index (χ2n) is 3.96. The monoisotopic (exact) mass is 227 g/mol. The van der Waals surface area contributed by atoms with Gasteiger partial charge in [-0.2, -0.15) is 5.10 Å². The lowest BCUT2D eigenvalue weighted by molar-refractivity contribution is 0.0974. The fourth-order valence-corrected chi connectivity index (χ4v) is 2.15. The number of hydrogen-bond donors (Lipinski definition) is 1. The molecular weight excluding hydrogens is 218 g/mol. The van der Waals surface area contributed by atoms with E-state index in [4.69, 9.17) is 5.73 Å². The van der Waals surface area contributed by atoms with Gasteiger partial charge in [0.05, 0.1) is 17.3 Å². The number of carbonyl (C=O) groups is 2. The molecule has 0 bridgehead atoms. The van der Waals surface area contributed by atoms with Crippen LogP contribution in [-0.4, -0.2) is 21.3 Å². The van der Waals surface area contributed by atoms with Crippen LogP contribution in [0.4, 0.5) is 5.69 Å². The normalized spacial score (nSPS) is 13.5. The fourth-order valence-electron chi connectivity index (χ4n) is 2.15. The lowest BCUT2D eigenvalue weighted by Gasteiger charge is -2.16. The van der Waals surface area contributed by atoms with Crippen LogP contribution in [0.2, 0.25) is 0 Å². The summed E-state index contributed by atoms with van der Waals surface area (Å²) < 4.78 is 1.42. The highest BCUT2D eigenvalue weighted by molar-refractivity contribution is 6.29. The Kier molecular flexibility index (Phi) is 1.75. The average molecular weight is 227 g/mol. The van der Waals surface area contributed by atoms with E-state index in [0.717, 1.165) is 0 Å². The fraction of sp³-hybridized carbons (Fsp3) is 0.0833. The predicted octanol–water partition coefficient (Wildman–Crippen LogP) is 0.778. The van der Waals surface area contributed by atoms with E-state index in [-0.39, 0.29) is 17.1 Å². The molecular formula is C12H9N3O2.